The molecular weight excluding hydrogens is 244 g/mol. The van der Waals surface area contributed by atoms with Crippen LogP contribution in [-0.4, -0.2) is 13.6 Å². The molecule has 18 heavy (non-hydrogen) atoms. The van der Waals surface area contributed by atoms with Crippen LogP contribution < -0.4 is 10.6 Å². The second-order valence-electron chi connectivity index (χ2n) is 4.33. The summed E-state index contributed by atoms with van der Waals surface area (Å²) in [4.78, 5) is 2.13. The predicted molar refractivity (Wildman–Crippen MR) is 79.3 cm³/mol. The highest BCUT2D eigenvalue weighted by atomic mass is 35.5. The number of rotatable bonds is 4. The van der Waals surface area contributed by atoms with E-state index in [9.17, 15) is 0 Å². The number of hydrogen-bond acceptors (Lipinski definition) is 2. The van der Waals surface area contributed by atoms with Crippen LogP contribution in [0.1, 0.15) is 5.56 Å². The van der Waals surface area contributed by atoms with Crippen LogP contribution in [0, 0.1) is 0 Å². The van der Waals surface area contributed by atoms with Crippen LogP contribution in [0.2, 0.25) is 5.02 Å². The predicted octanol–water partition coefficient (Wildman–Crippen LogP) is 3.60. The fraction of sp³-hybridized carbons (Fsp3) is 0.200. The van der Waals surface area contributed by atoms with Gasteiger partial charge in [-0.15, -0.1) is 0 Å². The molecule has 0 radical (unpaired) electrons. The largest absolute Gasteiger partial charge is 0.396 e. The van der Waals surface area contributed by atoms with Crippen molar-refractivity contribution < 1.29 is 0 Å². The van der Waals surface area contributed by atoms with E-state index in [4.69, 9.17) is 17.3 Å². The zero-order valence-corrected chi connectivity index (χ0v) is 11.2. The van der Waals surface area contributed by atoms with Gasteiger partial charge in [0.2, 0.25) is 0 Å². The van der Waals surface area contributed by atoms with E-state index < -0.39 is 0 Å². The summed E-state index contributed by atoms with van der Waals surface area (Å²) in [6.07, 6.45) is 0.989. The lowest BCUT2D eigenvalue weighted by molar-refractivity contribution is 0.878. The molecule has 94 valence electrons. The number of nitrogen functional groups attached to an aromatic ring is 1. The summed E-state index contributed by atoms with van der Waals surface area (Å²) in [7, 11) is 2.03. The maximum absolute atomic E-state index is 6.02. The van der Waals surface area contributed by atoms with Crippen molar-refractivity contribution in [3.8, 4) is 0 Å². The summed E-state index contributed by atoms with van der Waals surface area (Å²) >= 11 is 6.02. The molecule has 0 heterocycles. The normalized spacial score (nSPS) is 10.3. The average molecular weight is 261 g/mol. The van der Waals surface area contributed by atoms with E-state index in [2.05, 4.69) is 29.2 Å². The van der Waals surface area contributed by atoms with Gasteiger partial charge in [0.05, 0.1) is 16.4 Å². The van der Waals surface area contributed by atoms with Crippen LogP contribution in [0.5, 0.6) is 0 Å². The Morgan fingerprint density at radius 1 is 1.06 bits per heavy atom. The zero-order chi connectivity index (χ0) is 13.0. The van der Waals surface area contributed by atoms with Crippen molar-refractivity contribution in [1.29, 1.82) is 0 Å². The Labute approximate surface area is 113 Å². The van der Waals surface area contributed by atoms with Crippen LogP contribution in [0.3, 0.4) is 0 Å². The van der Waals surface area contributed by atoms with Gasteiger partial charge in [0.1, 0.15) is 0 Å². The third kappa shape index (κ3) is 2.96. The van der Waals surface area contributed by atoms with E-state index in [1.807, 2.05) is 31.3 Å². The molecule has 0 saturated heterocycles. The molecule has 2 aromatic rings. The van der Waals surface area contributed by atoms with Crippen LogP contribution in [-0.2, 0) is 6.42 Å². The van der Waals surface area contributed by atoms with Gasteiger partial charge in [0.25, 0.3) is 0 Å². The van der Waals surface area contributed by atoms with E-state index in [-0.39, 0.29) is 0 Å². The van der Waals surface area contributed by atoms with Crippen molar-refractivity contribution in [2.75, 3.05) is 24.2 Å². The molecule has 2 nitrogen and oxygen atoms in total. The van der Waals surface area contributed by atoms with Gasteiger partial charge in [-0.05, 0) is 24.1 Å². The molecule has 2 aromatic carbocycles. The van der Waals surface area contributed by atoms with E-state index in [1.165, 1.54) is 5.56 Å². The van der Waals surface area contributed by atoms with Crippen LogP contribution >= 0.6 is 11.6 Å². The van der Waals surface area contributed by atoms with Crippen LogP contribution in [0.15, 0.2) is 48.5 Å². The summed E-state index contributed by atoms with van der Waals surface area (Å²) in [6.45, 7) is 0.911. The highest BCUT2D eigenvalue weighted by molar-refractivity contribution is 6.33. The molecule has 0 saturated carbocycles. The second kappa shape index (κ2) is 5.78. The Morgan fingerprint density at radius 2 is 1.78 bits per heavy atom. The lowest BCUT2D eigenvalue weighted by atomic mass is 10.1. The molecule has 0 aliphatic rings. The standard InChI is InChI=1S/C15H17ClN2/c1-18(11-10-12-6-3-2-4-7-12)14-9-5-8-13(16)15(14)17/h2-9H,10-11,17H2,1H3. The molecule has 2 N–H and O–H groups in total. The van der Waals surface area contributed by atoms with Crippen molar-refractivity contribution >= 4 is 23.0 Å². The van der Waals surface area contributed by atoms with Crippen molar-refractivity contribution in [3.63, 3.8) is 0 Å². The fourth-order valence-corrected chi connectivity index (χ4v) is 2.09. The lowest BCUT2D eigenvalue weighted by Crippen LogP contribution is -2.21. The van der Waals surface area contributed by atoms with Gasteiger partial charge in [-0.1, -0.05) is 48.0 Å². The number of nitrogens with two attached hydrogens (primary N) is 1. The highest BCUT2D eigenvalue weighted by Crippen LogP contribution is 2.29. The van der Waals surface area contributed by atoms with Gasteiger partial charge < -0.3 is 10.6 Å². The number of likely N-dealkylation sites (N-methyl/N-ethyl adjacent to an activating group) is 1. The first-order chi connectivity index (χ1) is 8.68. The van der Waals surface area contributed by atoms with Crippen molar-refractivity contribution in [3.05, 3.63) is 59.1 Å². The Morgan fingerprint density at radius 3 is 2.50 bits per heavy atom. The minimum absolute atomic E-state index is 0.610. The maximum Gasteiger partial charge on any atom is 0.0741 e. The first-order valence-corrected chi connectivity index (χ1v) is 6.35. The van der Waals surface area contributed by atoms with E-state index >= 15 is 0 Å². The molecule has 0 atom stereocenters. The fourth-order valence-electron chi connectivity index (χ4n) is 1.92. The highest BCUT2D eigenvalue weighted by Gasteiger charge is 2.07. The summed E-state index contributed by atoms with van der Waals surface area (Å²) in [6, 6.07) is 16.1. The van der Waals surface area contributed by atoms with Gasteiger partial charge in [0.15, 0.2) is 0 Å². The van der Waals surface area contributed by atoms with Gasteiger partial charge in [-0.2, -0.15) is 0 Å². The first-order valence-electron chi connectivity index (χ1n) is 5.97. The van der Waals surface area contributed by atoms with E-state index in [1.54, 1.807) is 0 Å². The number of nitrogens with zero attached hydrogens (tertiary/aromatic N) is 1. The molecule has 3 heteroatoms. The SMILES string of the molecule is CN(CCc1ccccc1)c1cccc(Cl)c1N. The van der Waals surface area contributed by atoms with Crippen LogP contribution in [0.4, 0.5) is 11.4 Å². The number of halogens is 1. The third-order valence-corrected chi connectivity index (χ3v) is 3.35. The van der Waals surface area contributed by atoms with Crippen molar-refractivity contribution in [1.82, 2.24) is 0 Å². The molecule has 0 amide bonds. The summed E-state index contributed by atoms with van der Waals surface area (Å²) in [5, 5.41) is 0.610. The van der Waals surface area contributed by atoms with Gasteiger partial charge in [-0.3, -0.25) is 0 Å². The Balaban J connectivity index is 2.04. The van der Waals surface area contributed by atoms with Gasteiger partial charge >= 0.3 is 0 Å². The zero-order valence-electron chi connectivity index (χ0n) is 10.4. The van der Waals surface area contributed by atoms with Crippen molar-refractivity contribution in [2.45, 2.75) is 6.42 Å². The quantitative estimate of drug-likeness (QED) is 0.851. The minimum atomic E-state index is 0.610. The minimum Gasteiger partial charge on any atom is -0.396 e. The van der Waals surface area contributed by atoms with Gasteiger partial charge in [-0.25, -0.2) is 0 Å². The van der Waals surface area contributed by atoms with Gasteiger partial charge in [0, 0.05) is 13.6 Å². The number of hydrogen-bond donors (Lipinski definition) is 1. The maximum atomic E-state index is 6.02. The molecule has 0 aliphatic carbocycles. The average Bonchev–Trinajstić information content (AvgIpc) is 2.40. The molecule has 0 spiro atoms. The van der Waals surface area contributed by atoms with Crippen LogP contribution in [0.25, 0.3) is 0 Å². The molecule has 0 bridgehead atoms. The number of anilines is 2. The van der Waals surface area contributed by atoms with Crippen molar-refractivity contribution in [2.24, 2.45) is 0 Å². The summed E-state index contributed by atoms with van der Waals surface area (Å²) in [5.41, 5.74) is 8.94. The second-order valence-corrected chi connectivity index (χ2v) is 4.74. The lowest BCUT2D eigenvalue weighted by Gasteiger charge is -2.21. The Bertz CT molecular complexity index is 511. The third-order valence-electron chi connectivity index (χ3n) is 3.02. The molecular formula is C15H17ClN2. The monoisotopic (exact) mass is 260 g/mol. The summed E-state index contributed by atoms with van der Waals surface area (Å²) < 4.78 is 0. The molecule has 0 fully saturated rings. The van der Waals surface area contributed by atoms with E-state index in [0.29, 0.717) is 10.7 Å². The van der Waals surface area contributed by atoms with E-state index in [0.717, 1.165) is 18.7 Å². The Hall–Kier alpha value is -1.67. The smallest absolute Gasteiger partial charge is 0.0741 e. The molecule has 0 unspecified atom stereocenters. The number of para-hydroxylation sites is 1. The molecule has 2 rings (SSSR count). The Kier molecular flexibility index (Phi) is 4.11. The topological polar surface area (TPSA) is 29.3 Å². The summed E-state index contributed by atoms with van der Waals surface area (Å²) in [5.74, 6) is 0. The number of benzene rings is 2. The molecule has 0 aromatic heterocycles. The first kappa shape index (κ1) is 12.8. The molecule has 0 aliphatic heterocycles.